The molecule has 1 aliphatic heterocycles. The van der Waals surface area contributed by atoms with Crippen molar-refractivity contribution in [1.29, 1.82) is 0 Å². The van der Waals surface area contributed by atoms with E-state index in [-0.39, 0.29) is 24.3 Å². The summed E-state index contributed by atoms with van der Waals surface area (Å²) < 4.78 is 5.29. The Morgan fingerprint density at radius 3 is 2.58 bits per heavy atom. The normalized spacial score (nSPS) is 19.7. The quantitative estimate of drug-likeness (QED) is 0.754. The summed E-state index contributed by atoms with van der Waals surface area (Å²) in [5.74, 6) is 0.267. The first-order valence-electron chi connectivity index (χ1n) is 8.68. The lowest BCUT2D eigenvalue weighted by Crippen LogP contribution is -2.46. The number of nitrogens with one attached hydrogen (secondary N) is 1. The number of ether oxygens (including phenoxy) is 1. The summed E-state index contributed by atoms with van der Waals surface area (Å²) >= 11 is 0. The number of carbonyl (C=O) groups is 3. The van der Waals surface area contributed by atoms with Crippen molar-refractivity contribution in [3.63, 3.8) is 0 Å². The predicted molar refractivity (Wildman–Crippen MR) is 97.6 cm³/mol. The molecule has 1 N–H and O–H groups in total. The number of carbonyl (C=O) groups excluding carboxylic acids is 3. The van der Waals surface area contributed by atoms with Gasteiger partial charge in [0.2, 0.25) is 5.91 Å². The summed E-state index contributed by atoms with van der Waals surface area (Å²) in [5.41, 5.74) is -0.0973. The third kappa shape index (κ3) is 4.15. The van der Waals surface area contributed by atoms with Gasteiger partial charge in [-0.25, -0.2) is 4.79 Å². The molecule has 0 aliphatic carbocycles. The van der Waals surface area contributed by atoms with E-state index in [0.717, 1.165) is 10.5 Å². The van der Waals surface area contributed by atoms with Crippen molar-refractivity contribution in [3.8, 4) is 5.75 Å². The molecule has 0 saturated carbocycles. The number of nitrogens with zero attached hydrogens (tertiary/aromatic N) is 2. The molecule has 2 rings (SSSR count). The predicted octanol–water partition coefficient (Wildman–Crippen LogP) is 2.01. The number of rotatable bonds is 7. The minimum Gasteiger partial charge on any atom is -0.496 e. The molecule has 1 aromatic rings. The molecule has 1 saturated heterocycles. The van der Waals surface area contributed by atoms with Crippen LogP contribution in [0.3, 0.4) is 0 Å². The van der Waals surface area contributed by atoms with Gasteiger partial charge in [0.25, 0.3) is 5.91 Å². The molecule has 4 amide bonds. The highest BCUT2D eigenvalue weighted by Crippen LogP contribution is 2.25. The van der Waals surface area contributed by atoms with Crippen LogP contribution in [0.15, 0.2) is 24.3 Å². The van der Waals surface area contributed by atoms with E-state index in [0.29, 0.717) is 18.7 Å². The van der Waals surface area contributed by atoms with Crippen molar-refractivity contribution in [1.82, 2.24) is 15.1 Å². The number of methoxy groups -OCH3 is 1. The van der Waals surface area contributed by atoms with Crippen molar-refractivity contribution in [2.45, 2.75) is 39.3 Å². The number of hydrogen-bond acceptors (Lipinski definition) is 4. The zero-order chi connectivity index (χ0) is 19.5. The van der Waals surface area contributed by atoms with Gasteiger partial charge in [-0.1, -0.05) is 32.0 Å². The van der Waals surface area contributed by atoms with E-state index in [1.165, 1.54) is 4.90 Å². The highest BCUT2D eigenvalue weighted by molar-refractivity contribution is 6.08. The fourth-order valence-electron chi connectivity index (χ4n) is 3.28. The van der Waals surface area contributed by atoms with Crippen LogP contribution in [-0.2, 0) is 16.1 Å². The maximum atomic E-state index is 12.6. The molecular weight excluding hydrogens is 334 g/mol. The minimum absolute atomic E-state index is 0.244. The van der Waals surface area contributed by atoms with Crippen LogP contribution in [0, 0.1) is 5.92 Å². The average molecular weight is 361 g/mol. The number of hydrogen-bond donors (Lipinski definition) is 1. The Morgan fingerprint density at radius 2 is 1.96 bits per heavy atom. The zero-order valence-corrected chi connectivity index (χ0v) is 16.0. The Labute approximate surface area is 154 Å². The molecule has 0 unspecified atom stereocenters. The number of urea groups is 1. The highest BCUT2D eigenvalue weighted by atomic mass is 16.5. The van der Waals surface area contributed by atoms with E-state index in [1.807, 2.05) is 38.1 Å². The second-order valence-electron chi connectivity index (χ2n) is 7.31. The van der Waals surface area contributed by atoms with Gasteiger partial charge in [0, 0.05) is 19.2 Å². The Kier molecular flexibility index (Phi) is 5.90. The Morgan fingerprint density at radius 1 is 1.31 bits per heavy atom. The molecule has 7 heteroatoms. The number of para-hydroxylation sites is 1. The molecule has 1 aromatic carbocycles. The molecule has 1 aliphatic rings. The number of amides is 4. The van der Waals surface area contributed by atoms with E-state index >= 15 is 0 Å². The summed E-state index contributed by atoms with van der Waals surface area (Å²) in [7, 11) is 3.21. The lowest BCUT2D eigenvalue weighted by molar-refractivity contribution is -0.138. The second-order valence-corrected chi connectivity index (χ2v) is 7.31. The van der Waals surface area contributed by atoms with Crippen LogP contribution in [-0.4, -0.2) is 53.9 Å². The number of likely N-dealkylation sites (N-methyl/N-ethyl adjacent to an activating group) is 1. The first-order chi connectivity index (χ1) is 12.2. The molecule has 7 nitrogen and oxygen atoms in total. The van der Waals surface area contributed by atoms with Crippen LogP contribution < -0.4 is 10.1 Å². The number of benzene rings is 1. The van der Waals surface area contributed by atoms with Crippen LogP contribution in [0.5, 0.6) is 5.75 Å². The summed E-state index contributed by atoms with van der Waals surface area (Å²) in [6, 6.07) is 6.90. The Hall–Kier alpha value is -2.57. The average Bonchev–Trinajstić information content (AvgIpc) is 2.77. The second kappa shape index (κ2) is 7.76. The van der Waals surface area contributed by atoms with Crippen molar-refractivity contribution >= 4 is 17.8 Å². The SMILES string of the molecule is COc1ccccc1CN(C)C(=O)CN1C(=O)N[C@](C)(CC(C)C)C1=O. The highest BCUT2D eigenvalue weighted by Gasteiger charge is 2.48. The topological polar surface area (TPSA) is 79.0 Å². The zero-order valence-electron chi connectivity index (χ0n) is 16.0. The van der Waals surface area contributed by atoms with E-state index in [4.69, 9.17) is 4.74 Å². The van der Waals surface area contributed by atoms with Crippen LogP contribution >= 0.6 is 0 Å². The smallest absolute Gasteiger partial charge is 0.325 e. The monoisotopic (exact) mass is 361 g/mol. The first kappa shape index (κ1) is 19.8. The van der Waals surface area contributed by atoms with Gasteiger partial charge in [0.05, 0.1) is 7.11 Å². The van der Waals surface area contributed by atoms with Gasteiger partial charge in [0.15, 0.2) is 0 Å². The molecule has 0 bridgehead atoms. The molecule has 0 radical (unpaired) electrons. The summed E-state index contributed by atoms with van der Waals surface area (Å²) in [6.07, 6.45) is 0.527. The van der Waals surface area contributed by atoms with Crippen LogP contribution in [0.1, 0.15) is 32.8 Å². The lowest BCUT2D eigenvalue weighted by Gasteiger charge is -2.24. The standard InChI is InChI=1S/C19H27N3O4/c1-13(2)10-19(3)17(24)22(18(25)20-19)12-16(23)21(4)11-14-8-6-7-9-15(14)26-5/h6-9,13H,10-12H2,1-5H3,(H,20,25)/t19-/m1/s1. The van der Waals surface area contributed by atoms with Crippen LogP contribution in [0.4, 0.5) is 4.79 Å². The van der Waals surface area contributed by atoms with Crippen LogP contribution in [0.25, 0.3) is 0 Å². The fourth-order valence-corrected chi connectivity index (χ4v) is 3.28. The summed E-state index contributed by atoms with van der Waals surface area (Å²) in [5, 5.41) is 2.72. The van der Waals surface area contributed by atoms with Crippen molar-refractivity contribution < 1.29 is 19.1 Å². The summed E-state index contributed by atoms with van der Waals surface area (Å²) in [6.45, 7) is 5.73. The summed E-state index contributed by atoms with van der Waals surface area (Å²) in [4.78, 5) is 39.9. The minimum atomic E-state index is -0.952. The molecule has 142 valence electrons. The molecule has 26 heavy (non-hydrogen) atoms. The first-order valence-corrected chi connectivity index (χ1v) is 8.68. The molecule has 1 heterocycles. The van der Waals surface area contributed by atoms with E-state index in [9.17, 15) is 14.4 Å². The van der Waals surface area contributed by atoms with Crippen LogP contribution in [0.2, 0.25) is 0 Å². The van der Waals surface area contributed by atoms with Gasteiger partial charge in [0.1, 0.15) is 17.8 Å². The van der Waals surface area contributed by atoms with Gasteiger partial charge < -0.3 is 15.0 Å². The maximum absolute atomic E-state index is 12.6. The van der Waals surface area contributed by atoms with Crippen molar-refractivity contribution in [3.05, 3.63) is 29.8 Å². The van der Waals surface area contributed by atoms with Gasteiger partial charge in [-0.05, 0) is 25.3 Å². The molecule has 1 atom stereocenters. The third-order valence-corrected chi connectivity index (χ3v) is 4.48. The maximum Gasteiger partial charge on any atom is 0.325 e. The van der Waals surface area contributed by atoms with Crippen molar-refractivity contribution in [2.75, 3.05) is 20.7 Å². The third-order valence-electron chi connectivity index (χ3n) is 4.48. The molecule has 0 spiro atoms. The van der Waals surface area contributed by atoms with Gasteiger partial charge in [-0.3, -0.25) is 14.5 Å². The Balaban J connectivity index is 2.04. The number of imide groups is 1. The Bertz CT molecular complexity index is 704. The lowest BCUT2D eigenvalue weighted by atomic mass is 9.91. The molecular formula is C19H27N3O4. The van der Waals surface area contributed by atoms with Gasteiger partial charge in [-0.2, -0.15) is 0 Å². The van der Waals surface area contributed by atoms with Gasteiger partial charge >= 0.3 is 6.03 Å². The fraction of sp³-hybridized carbons (Fsp3) is 0.526. The van der Waals surface area contributed by atoms with E-state index < -0.39 is 11.6 Å². The molecule has 1 fully saturated rings. The van der Waals surface area contributed by atoms with E-state index in [2.05, 4.69) is 5.32 Å². The van der Waals surface area contributed by atoms with E-state index in [1.54, 1.807) is 21.1 Å². The van der Waals surface area contributed by atoms with Crippen molar-refractivity contribution in [2.24, 2.45) is 5.92 Å². The van der Waals surface area contributed by atoms with Gasteiger partial charge in [-0.15, -0.1) is 0 Å². The molecule has 0 aromatic heterocycles. The largest absolute Gasteiger partial charge is 0.496 e.